The van der Waals surface area contributed by atoms with Gasteiger partial charge in [-0.3, -0.25) is 4.79 Å². The number of carboxylic acid groups (broad SMARTS) is 1. The molecule has 0 saturated heterocycles. The molecule has 0 aromatic heterocycles. The van der Waals surface area contributed by atoms with Crippen molar-refractivity contribution in [2.75, 3.05) is 30.5 Å². The zero-order chi connectivity index (χ0) is 30.9. The molecule has 2 aliphatic rings. The summed E-state index contributed by atoms with van der Waals surface area (Å²) in [6, 6.07) is 13.8. The Morgan fingerprint density at radius 3 is 2.49 bits per heavy atom. The number of rotatable bonds is 11. The van der Waals surface area contributed by atoms with E-state index in [2.05, 4.69) is 16.6 Å². The number of anilines is 2. The number of benzene rings is 3. The Kier molecular flexibility index (Phi) is 8.64. The molecule has 5 rings (SSSR count). The van der Waals surface area contributed by atoms with Gasteiger partial charge in [-0.05, 0) is 54.5 Å². The quantitative estimate of drug-likeness (QED) is 0.214. The van der Waals surface area contributed by atoms with Crippen LogP contribution in [0.1, 0.15) is 30.0 Å². The van der Waals surface area contributed by atoms with E-state index in [-0.39, 0.29) is 11.8 Å². The maximum atomic E-state index is 14.4. The van der Waals surface area contributed by atoms with Gasteiger partial charge in [0, 0.05) is 52.9 Å². The Bertz CT molecular complexity index is 1510. The second-order valence-electron chi connectivity index (χ2n) is 10.6. The molecule has 1 aliphatic heterocycles. The molecular weight excluding hydrogens is 592 g/mol. The first kappa shape index (κ1) is 30.3. The molecule has 1 unspecified atom stereocenters. The van der Waals surface area contributed by atoms with Crippen molar-refractivity contribution in [1.82, 2.24) is 0 Å². The molecule has 1 atom stereocenters. The largest absolute Gasteiger partial charge is 0.573 e. The smallest absolute Gasteiger partial charge is 0.497 e. The Hall–Kier alpha value is -4.12. The fourth-order valence-corrected chi connectivity index (χ4v) is 5.50. The van der Waals surface area contributed by atoms with E-state index >= 15 is 0 Å². The summed E-state index contributed by atoms with van der Waals surface area (Å²) in [7, 11) is 1.52. The molecule has 0 spiro atoms. The maximum absolute atomic E-state index is 14.4. The van der Waals surface area contributed by atoms with Gasteiger partial charge in [-0.25, -0.2) is 4.39 Å². The van der Waals surface area contributed by atoms with Crippen molar-refractivity contribution in [1.29, 1.82) is 0 Å². The van der Waals surface area contributed by atoms with Gasteiger partial charge in [-0.2, -0.15) is 0 Å². The van der Waals surface area contributed by atoms with Gasteiger partial charge in [0.05, 0.1) is 25.7 Å². The van der Waals surface area contributed by atoms with E-state index < -0.39 is 29.9 Å². The molecule has 1 aliphatic carbocycles. The average molecular weight is 621 g/mol. The monoisotopic (exact) mass is 620 g/mol. The third-order valence-corrected chi connectivity index (χ3v) is 7.89. The standard InChI is InChI=1S/C31H29ClF4N2O5/c1-17(38-8-7-20-11-26(33)28(15-27(20)38)43-31(34,35)36)29(19-3-5-22(32)6-4-19)37-23-12-24(41-2)14-25(13-23)42-16-18-9-21(10-18)30(39)40/h3-6,11-15,18,21,29,37H,1,7-10,16H2,2H3,(H,39,40). The van der Waals surface area contributed by atoms with Crippen LogP contribution in [0.25, 0.3) is 0 Å². The highest BCUT2D eigenvalue weighted by Crippen LogP contribution is 2.41. The predicted octanol–water partition coefficient (Wildman–Crippen LogP) is 7.61. The number of halogens is 5. The minimum Gasteiger partial charge on any atom is -0.497 e. The molecule has 1 saturated carbocycles. The van der Waals surface area contributed by atoms with Crippen molar-refractivity contribution >= 4 is 28.9 Å². The van der Waals surface area contributed by atoms with Crippen molar-refractivity contribution < 1.29 is 41.7 Å². The number of nitrogens with zero attached hydrogens (tertiary/aromatic N) is 1. The maximum Gasteiger partial charge on any atom is 0.573 e. The highest BCUT2D eigenvalue weighted by Gasteiger charge is 2.36. The normalized spacial score (nSPS) is 18.3. The number of aliphatic carboxylic acids is 1. The third-order valence-electron chi connectivity index (χ3n) is 7.64. The summed E-state index contributed by atoms with van der Waals surface area (Å²) in [6.07, 6.45) is -3.54. The molecule has 3 aromatic rings. The fourth-order valence-electron chi connectivity index (χ4n) is 5.37. The topological polar surface area (TPSA) is 80.3 Å². The summed E-state index contributed by atoms with van der Waals surface area (Å²) in [5.74, 6) is -2.00. The number of hydrogen-bond donors (Lipinski definition) is 2. The minimum absolute atomic E-state index is 0.136. The molecule has 1 heterocycles. The van der Waals surface area contributed by atoms with E-state index in [1.165, 1.54) is 7.11 Å². The van der Waals surface area contributed by atoms with Crippen molar-refractivity contribution in [3.8, 4) is 17.2 Å². The Morgan fingerprint density at radius 1 is 1.14 bits per heavy atom. The van der Waals surface area contributed by atoms with Gasteiger partial charge in [0.25, 0.3) is 0 Å². The molecule has 228 valence electrons. The third kappa shape index (κ3) is 7.10. The van der Waals surface area contributed by atoms with Crippen LogP contribution in [0.5, 0.6) is 17.2 Å². The Morgan fingerprint density at radius 2 is 1.84 bits per heavy atom. The summed E-state index contributed by atoms with van der Waals surface area (Å²) in [5, 5.41) is 13.1. The van der Waals surface area contributed by atoms with Crippen LogP contribution in [0.4, 0.5) is 28.9 Å². The van der Waals surface area contributed by atoms with Crippen LogP contribution in [-0.4, -0.2) is 37.7 Å². The van der Waals surface area contributed by atoms with Crippen molar-refractivity contribution in [3.05, 3.63) is 88.8 Å². The van der Waals surface area contributed by atoms with Crippen LogP contribution >= 0.6 is 11.6 Å². The lowest BCUT2D eigenvalue weighted by atomic mass is 9.75. The van der Waals surface area contributed by atoms with Gasteiger partial charge in [0.15, 0.2) is 11.6 Å². The highest BCUT2D eigenvalue weighted by atomic mass is 35.5. The number of alkyl halides is 3. The zero-order valence-corrected chi connectivity index (χ0v) is 23.8. The molecule has 1 fully saturated rings. The molecular formula is C31H29ClF4N2O5. The molecule has 0 bridgehead atoms. The summed E-state index contributed by atoms with van der Waals surface area (Å²) >= 11 is 6.14. The molecule has 0 radical (unpaired) electrons. The van der Waals surface area contributed by atoms with Crippen LogP contribution in [0.15, 0.2) is 66.9 Å². The van der Waals surface area contributed by atoms with E-state index in [1.54, 1.807) is 47.4 Å². The first-order chi connectivity index (χ1) is 20.4. The second-order valence-corrected chi connectivity index (χ2v) is 11.0. The fraction of sp³-hybridized carbons (Fsp3) is 0.323. The van der Waals surface area contributed by atoms with Crippen LogP contribution in [0.3, 0.4) is 0 Å². The average Bonchev–Trinajstić information content (AvgIpc) is 3.32. The predicted molar refractivity (Wildman–Crippen MR) is 153 cm³/mol. The summed E-state index contributed by atoms with van der Waals surface area (Å²) in [6.45, 7) is 5.00. The number of carboxylic acids is 1. The summed E-state index contributed by atoms with van der Waals surface area (Å²) < 4.78 is 68.6. The number of nitrogens with one attached hydrogen (secondary N) is 1. The summed E-state index contributed by atoms with van der Waals surface area (Å²) in [5.41, 5.74) is 2.75. The number of carbonyl (C=O) groups is 1. The Balaban J connectivity index is 1.41. The SMILES string of the molecule is C=C(C(Nc1cc(OC)cc(OCC2CC(C(=O)O)C2)c1)c1ccc(Cl)cc1)N1CCc2cc(F)c(OC(F)(F)F)cc21. The van der Waals surface area contributed by atoms with Crippen LogP contribution in [0.2, 0.25) is 5.02 Å². The lowest BCUT2D eigenvalue weighted by molar-refractivity contribution is -0.275. The van der Waals surface area contributed by atoms with Crippen molar-refractivity contribution in [2.45, 2.75) is 31.7 Å². The first-order valence-electron chi connectivity index (χ1n) is 13.5. The number of hydrogen-bond acceptors (Lipinski definition) is 6. The number of fused-ring (bicyclic) bond motifs is 1. The second kappa shape index (κ2) is 12.2. The van der Waals surface area contributed by atoms with Crippen LogP contribution < -0.4 is 24.4 Å². The van der Waals surface area contributed by atoms with E-state index in [0.717, 1.165) is 17.7 Å². The molecule has 0 amide bonds. The van der Waals surface area contributed by atoms with E-state index in [9.17, 15) is 22.4 Å². The van der Waals surface area contributed by atoms with Gasteiger partial charge in [0.1, 0.15) is 11.5 Å². The molecule has 12 heteroatoms. The molecule has 7 nitrogen and oxygen atoms in total. The number of ether oxygens (including phenoxy) is 3. The van der Waals surface area contributed by atoms with Crippen LogP contribution in [-0.2, 0) is 11.2 Å². The minimum atomic E-state index is -5.05. The van der Waals surface area contributed by atoms with Crippen molar-refractivity contribution in [2.24, 2.45) is 11.8 Å². The van der Waals surface area contributed by atoms with Gasteiger partial charge in [-0.1, -0.05) is 30.3 Å². The van der Waals surface area contributed by atoms with Crippen molar-refractivity contribution in [3.63, 3.8) is 0 Å². The Labute approximate surface area is 250 Å². The first-order valence-corrected chi connectivity index (χ1v) is 13.9. The van der Waals surface area contributed by atoms with Gasteiger partial charge < -0.3 is 29.5 Å². The molecule has 3 aromatic carbocycles. The highest BCUT2D eigenvalue weighted by molar-refractivity contribution is 6.30. The van der Waals surface area contributed by atoms with E-state index in [0.29, 0.717) is 71.6 Å². The zero-order valence-electron chi connectivity index (χ0n) is 23.1. The van der Waals surface area contributed by atoms with Gasteiger partial charge in [0.2, 0.25) is 0 Å². The van der Waals surface area contributed by atoms with Gasteiger partial charge in [-0.15, -0.1) is 13.2 Å². The lowest BCUT2D eigenvalue weighted by Crippen LogP contribution is -2.33. The van der Waals surface area contributed by atoms with E-state index in [1.807, 2.05) is 0 Å². The molecule has 2 N–H and O–H groups in total. The number of methoxy groups -OCH3 is 1. The molecule has 43 heavy (non-hydrogen) atoms. The van der Waals surface area contributed by atoms with E-state index in [4.69, 9.17) is 26.2 Å². The van der Waals surface area contributed by atoms with Crippen LogP contribution in [0, 0.1) is 17.7 Å². The van der Waals surface area contributed by atoms with Gasteiger partial charge >= 0.3 is 12.3 Å². The lowest BCUT2D eigenvalue weighted by Gasteiger charge is -2.32. The summed E-state index contributed by atoms with van der Waals surface area (Å²) in [4.78, 5) is 12.9.